The Morgan fingerprint density at radius 1 is 0.967 bits per heavy atom. The number of rotatable bonds is 5. The van der Waals surface area contributed by atoms with E-state index in [2.05, 4.69) is 10.2 Å². The third-order valence-electron chi connectivity index (χ3n) is 4.84. The van der Waals surface area contributed by atoms with Crippen LogP contribution in [0.25, 0.3) is 33.8 Å². The summed E-state index contributed by atoms with van der Waals surface area (Å²) in [7, 11) is 0. The van der Waals surface area contributed by atoms with Gasteiger partial charge in [0.2, 0.25) is 5.89 Å². The van der Waals surface area contributed by atoms with Gasteiger partial charge in [0.1, 0.15) is 0 Å². The van der Waals surface area contributed by atoms with Crippen LogP contribution < -0.4 is 0 Å². The second-order valence-electron chi connectivity index (χ2n) is 7.02. The van der Waals surface area contributed by atoms with Crippen molar-refractivity contribution in [3.63, 3.8) is 0 Å². The lowest BCUT2D eigenvalue weighted by Gasteiger charge is -2.09. The van der Waals surface area contributed by atoms with Crippen molar-refractivity contribution < 1.29 is 13.6 Å². The SMILES string of the molecule is Cc1ccc2nc(-c3ccccc3)cc(C(=O)Cc3nnc(-c4ccco4)o3)c2c1. The van der Waals surface area contributed by atoms with E-state index in [1.807, 2.05) is 61.5 Å². The Morgan fingerprint density at radius 3 is 2.63 bits per heavy atom. The van der Waals surface area contributed by atoms with Gasteiger partial charge >= 0.3 is 0 Å². The van der Waals surface area contributed by atoms with E-state index in [1.165, 1.54) is 6.26 Å². The molecule has 0 radical (unpaired) electrons. The highest BCUT2D eigenvalue weighted by Gasteiger charge is 2.19. The van der Waals surface area contributed by atoms with Gasteiger partial charge in [-0.05, 0) is 37.3 Å². The maximum Gasteiger partial charge on any atom is 0.283 e. The predicted molar refractivity (Wildman–Crippen MR) is 112 cm³/mol. The standard InChI is InChI=1S/C24H17N3O3/c1-15-9-10-19-17(12-15)18(13-20(25-19)16-6-3-2-4-7-16)21(28)14-23-26-27-24(30-23)22-8-5-11-29-22/h2-13H,14H2,1H3. The minimum Gasteiger partial charge on any atom is -0.459 e. The number of furan rings is 1. The van der Waals surface area contributed by atoms with Crippen molar-refractivity contribution in [3.05, 3.63) is 90.0 Å². The molecule has 5 aromatic rings. The molecule has 6 heteroatoms. The van der Waals surface area contributed by atoms with Gasteiger partial charge in [0, 0.05) is 16.5 Å². The highest BCUT2D eigenvalue weighted by Crippen LogP contribution is 2.27. The minimum absolute atomic E-state index is 0.00497. The number of ketones is 1. The van der Waals surface area contributed by atoms with Gasteiger partial charge in [0.05, 0.1) is 23.9 Å². The summed E-state index contributed by atoms with van der Waals surface area (Å²) < 4.78 is 10.9. The number of fused-ring (bicyclic) bond motifs is 1. The predicted octanol–water partition coefficient (Wildman–Crippen LogP) is 5.28. The fourth-order valence-electron chi connectivity index (χ4n) is 3.38. The zero-order valence-electron chi connectivity index (χ0n) is 16.2. The van der Waals surface area contributed by atoms with Gasteiger partial charge in [-0.15, -0.1) is 10.2 Å². The van der Waals surface area contributed by atoms with E-state index in [4.69, 9.17) is 13.8 Å². The first-order valence-electron chi connectivity index (χ1n) is 9.54. The molecule has 0 fully saturated rings. The fraction of sp³-hybridized carbons (Fsp3) is 0.0833. The third kappa shape index (κ3) is 3.39. The first kappa shape index (κ1) is 18.0. The molecule has 30 heavy (non-hydrogen) atoms. The Labute approximate surface area is 172 Å². The molecule has 0 saturated heterocycles. The summed E-state index contributed by atoms with van der Waals surface area (Å²) in [6, 6.07) is 21.0. The molecule has 0 N–H and O–H groups in total. The molecule has 0 aliphatic heterocycles. The molecule has 6 nitrogen and oxygen atoms in total. The molecular formula is C24H17N3O3. The average molecular weight is 395 g/mol. The Kier molecular flexibility index (Phi) is 4.44. The molecule has 0 atom stereocenters. The summed E-state index contributed by atoms with van der Waals surface area (Å²) >= 11 is 0. The van der Waals surface area contributed by atoms with Crippen LogP contribution in [0.2, 0.25) is 0 Å². The fourth-order valence-corrected chi connectivity index (χ4v) is 3.38. The Bertz CT molecular complexity index is 1340. The smallest absolute Gasteiger partial charge is 0.283 e. The zero-order valence-corrected chi connectivity index (χ0v) is 16.2. The van der Waals surface area contributed by atoms with Crippen LogP contribution in [0.15, 0.2) is 81.8 Å². The van der Waals surface area contributed by atoms with Gasteiger partial charge in [-0.1, -0.05) is 42.0 Å². The van der Waals surface area contributed by atoms with Crippen molar-refractivity contribution in [3.8, 4) is 22.9 Å². The van der Waals surface area contributed by atoms with Crippen LogP contribution in [0.3, 0.4) is 0 Å². The van der Waals surface area contributed by atoms with Crippen molar-refractivity contribution >= 4 is 16.7 Å². The number of hydrogen-bond acceptors (Lipinski definition) is 6. The Hall–Kier alpha value is -4.06. The van der Waals surface area contributed by atoms with Gasteiger partial charge in [0.25, 0.3) is 5.89 Å². The second-order valence-corrected chi connectivity index (χ2v) is 7.02. The van der Waals surface area contributed by atoms with Crippen molar-refractivity contribution in [2.75, 3.05) is 0 Å². The first-order chi connectivity index (χ1) is 14.7. The monoisotopic (exact) mass is 395 g/mol. The zero-order chi connectivity index (χ0) is 20.5. The van der Waals surface area contributed by atoms with Crippen molar-refractivity contribution in [2.45, 2.75) is 13.3 Å². The number of carbonyl (C=O) groups is 1. The van der Waals surface area contributed by atoms with Gasteiger partial charge in [-0.25, -0.2) is 4.98 Å². The summed E-state index contributed by atoms with van der Waals surface area (Å²) in [5.41, 5.74) is 4.11. The number of Topliss-reactive ketones (excluding diaryl/α,β-unsaturated/α-hetero) is 1. The summed E-state index contributed by atoms with van der Waals surface area (Å²) in [6.07, 6.45) is 1.52. The van der Waals surface area contributed by atoms with Crippen molar-refractivity contribution in [1.82, 2.24) is 15.2 Å². The Morgan fingerprint density at radius 2 is 1.83 bits per heavy atom. The van der Waals surface area contributed by atoms with Gasteiger partial charge < -0.3 is 8.83 Å². The molecule has 0 aliphatic carbocycles. The molecule has 0 bridgehead atoms. The van der Waals surface area contributed by atoms with Crippen LogP contribution in [0.1, 0.15) is 21.8 Å². The van der Waals surface area contributed by atoms with Crippen LogP contribution in [0.4, 0.5) is 0 Å². The number of nitrogens with zero attached hydrogens (tertiary/aromatic N) is 3. The van der Waals surface area contributed by atoms with E-state index >= 15 is 0 Å². The molecule has 146 valence electrons. The largest absolute Gasteiger partial charge is 0.459 e. The van der Waals surface area contributed by atoms with E-state index in [1.54, 1.807) is 12.1 Å². The number of aryl methyl sites for hydroxylation is 1. The van der Waals surface area contributed by atoms with Crippen LogP contribution in [-0.4, -0.2) is 21.0 Å². The Balaban J connectivity index is 1.55. The molecule has 5 rings (SSSR count). The molecular weight excluding hydrogens is 378 g/mol. The maximum absolute atomic E-state index is 13.2. The molecule has 0 saturated carbocycles. The topological polar surface area (TPSA) is 82.0 Å². The molecule has 3 heterocycles. The minimum atomic E-state index is -0.111. The van der Waals surface area contributed by atoms with E-state index in [0.717, 1.165) is 27.7 Å². The average Bonchev–Trinajstić information content (AvgIpc) is 3.45. The molecule has 0 aliphatic rings. The maximum atomic E-state index is 13.2. The van der Waals surface area contributed by atoms with Crippen molar-refractivity contribution in [2.24, 2.45) is 0 Å². The molecule has 2 aromatic carbocycles. The normalized spacial score (nSPS) is 11.1. The van der Waals surface area contributed by atoms with Gasteiger partial charge in [-0.3, -0.25) is 4.79 Å². The lowest BCUT2D eigenvalue weighted by Crippen LogP contribution is -2.06. The van der Waals surface area contributed by atoms with Crippen LogP contribution in [-0.2, 0) is 6.42 Å². The second kappa shape index (κ2) is 7.40. The van der Waals surface area contributed by atoms with Gasteiger partial charge in [-0.2, -0.15) is 0 Å². The van der Waals surface area contributed by atoms with E-state index in [9.17, 15) is 4.79 Å². The van der Waals surface area contributed by atoms with Crippen molar-refractivity contribution in [1.29, 1.82) is 0 Å². The van der Waals surface area contributed by atoms with Crippen LogP contribution in [0.5, 0.6) is 0 Å². The third-order valence-corrected chi connectivity index (χ3v) is 4.84. The summed E-state index contributed by atoms with van der Waals surface area (Å²) in [6.45, 7) is 1.99. The summed E-state index contributed by atoms with van der Waals surface area (Å²) in [5.74, 6) is 0.853. The van der Waals surface area contributed by atoms with Crippen LogP contribution in [0, 0.1) is 6.92 Å². The number of benzene rings is 2. The quantitative estimate of drug-likeness (QED) is 0.377. The molecule has 0 unspecified atom stereocenters. The lowest BCUT2D eigenvalue weighted by molar-refractivity contribution is 0.0987. The highest BCUT2D eigenvalue weighted by atomic mass is 16.4. The highest BCUT2D eigenvalue weighted by molar-refractivity contribution is 6.09. The number of aromatic nitrogens is 3. The molecule has 0 amide bonds. The summed E-state index contributed by atoms with van der Waals surface area (Å²) in [4.78, 5) is 18.0. The molecule has 3 aromatic heterocycles. The molecule has 0 spiro atoms. The van der Waals surface area contributed by atoms with E-state index in [0.29, 0.717) is 11.3 Å². The van der Waals surface area contributed by atoms with E-state index < -0.39 is 0 Å². The number of hydrogen-bond donors (Lipinski definition) is 0. The lowest BCUT2D eigenvalue weighted by atomic mass is 9.98. The van der Waals surface area contributed by atoms with E-state index in [-0.39, 0.29) is 24.0 Å². The number of pyridine rings is 1. The first-order valence-corrected chi connectivity index (χ1v) is 9.54. The van der Waals surface area contributed by atoms with Gasteiger partial charge in [0.15, 0.2) is 11.5 Å². The summed E-state index contributed by atoms with van der Waals surface area (Å²) in [5, 5.41) is 8.79. The number of carbonyl (C=O) groups excluding carboxylic acids is 1. The van der Waals surface area contributed by atoms with Crippen LogP contribution >= 0.6 is 0 Å².